The van der Waals surface area contributed by atoms with E-state index in [2.05, 4.69) is 4.98 Å². The van der Waals surface area contributed by atoms with Gasteiger partial charge < -0.3 is 0 Å². The molecule has 0 unspecified atom stereocenters. The summed E-state index contributed by atoms with van der Waals surface area (Å²) in [5.41, 5.74) is 0.678. The van der Waals surface area contributed by atoms with E-state index in [9.17, 15) is 4.39 Å². The maximum Gasteiger partial charge on any atom is 0.216 e. The molecule has 1 saturated carbocycles. The first-order valence-corrected chi connectivity index (χ1v) is 3.96. The summed E-state index contributed by atoms with van der Waals surface area (Å²) in [4.78, 5) is 3.54. The third kappa shape index (κ3) is 1.36. The highest BCUT2D eigenvalue weighted by atomic mass is 35.5. The van der Waals surface area contributed by atoms with Gasteiger partial charge in [0.05, 0.1) is 5.02 Å². The minimum Gasteiger partial charge on any atom is -0.227 e. The summed E-state index contributed by atoms with van der Waals surface area (Å²) in [6.45, 7) is 0. The van der Waals surface area contributed by atoms with Crippen molar-refractivity contribution >= 4 is 11.6 Å². The van der Waals surface area contributed by atoms with E-state index in [0.717, 1.165) is 12.8 Å². The second-order valence-corrected chi connectivity index (χ2v) is 3.24. The van der Waals surface area contributed by atoms with Crippen LogP contribution in [0.25, 0.3) is 0 Å². The van der Waals surface area contributed by atoms with Crippen LogP contribution in [0.2, 0.25) is 5.02 Å². The van der Waals surface area contributed by atoms with Crippen LogP contribution in [0.5, 0.6) is 0 Å². The minimum absolute atomic E-state index is 0.364. The summed E-state index contributed by atoms with van der Waals surface area (Å²) < 4.78 is 12.9. The van der Waals surface area contributed by atoms with Crippen molar-refractivity contribution in [1.82, 2.24) is 4.98 Å². The standard InChI is InChI=1S/C8H7ClFN/c9-6-3-7(5-1-2-5)8(10)11-4-6/h3-5H,1-2H2. The van der Waals surface area contributed by atoms with Gasteiger partial charge in [0.25, 0.3) is 0 Å². The Morgan fingerprint density at radius 2 is 2.27 bits per heavy atom. The predicted octanol–water partition coefficient (Wildman–Crippen LogP) is 2.75. The molecule has 0 aromatic carbocycles. The van der Waals surface area contributed by atoms with Crippen molar-refractivity contribution in [1.29, 1.82) is 0 Å². The predicted molar refractivity (Wildman–Crippen MR) is 41.2 cm³/mol. The largest absolute Gasteiger partial charge is 0.227 e. The molecule has 1 fully saturated rings. The van der Waals surface area contributed by atoms with Gasteiger partial charge in [0.15, 0.2) is 0 Å². The first-order valence-electron chi connectivity index (χ1n) is 3.58. The normalized spacial score (nSPS) is 16.9. The van der Waals surface area contributed by atoms with Crippen LogP contribution in [0.15, 0.2) is 12.3 Å². The second-order valence-electron chi connectivity index (χ2n) is 2.81. The number of aromatic nitrogens is 1. The molecule has 1 aliphatic rings. The SMILES string of the molecule is Fc1ncc(Cl)cc1C1CC1. The van der Waals surface area contributed by atoms with E-state index in [4.69, 9.17) is 11.6 Å². The lowest BCUT2D eigenvalue weighted by molar-refractivity contribution is 0.567. The van der Waals surface area contributed by atoms with Crippen LogP contribution < -0.4 is 0 Å². The molecule has 1 aliphatic carbocycles. The van der Waals surface area contributed by atoms with Gasteiger partial charge >= 0.3 is 0 Å². The Morgan fingerprint density at radius 3 is 2.91 bits per heavy atom. The number of hydrogen-bond acceptors (Lipinski definition) is 1. The molecule has 0 radical (unpaired) electrons. The summed E-state index contributed by atoms with van der Waals surface area (Å²) in [7, 11) is 0. The molecule has 1 aromatic heterocycles. The fourth-order valence-electron chi connectivity index (χ4n) is 1.12. The van der Waals surface area contributed by atoms with Crippen molar-refractivity contribution in [3.8, 4) is 0 Å². The monoisotopic (exact) mass is 171 g/mol. The van der Waals surface area contributed by atoms with E-state index >= 15 is 0 Å². The average Bonchev–Trinajstić information content (AvgIpc) is 2.76. The molecule has 1 aromatic rings. The maximum atomic E-state index is 12.9. The van der Waals surface area contributed by atoms with Crippen LogP contribution in [0.1, 0.15) is 24.3 Å². The summed E-state index contributed by atoms with van der Waals surface area (Å²) in [6.07, 6.45) is 3.47. The quantitative estimate of drug-likeness (QED) is 0.592. The van der Waals surface area contributed by atoms with Crippen molar-refractivity contribution in [3.05, 3.63) is 28.8 Å². The Hall–Kier alpha value is -0.630. The van der Waals surface area contributed by atoms with Gasteiger partial charge in [-0.15, -0.1) is 0 Å². The van der Waals surface area contributed by atoms with Crippen molar-refractivity contribution < 1.29 is 4.39 Å². The zero-order valence-electron chi connectivity index (χ0n) is 5.85. The molecule has 0 bridgehead atoms. The third-order valence-corrected chi connectivity index (χ3v) is 2.06. The number of hydrogen-bond donors (Lipinski definition) is 0. The smallest absolute Gasteiger partial charge is 0.216 e. The summed E-state index contributed by atoms with van der Waals surface area (Å²) in [5.74, 6) is 0.0121. The van der Waals surface area contributed by atoms with Gasteiger partial charge in [0.1, 0.15) is 0 Å². The van der Waals surface area contributed by atoms with E-state index in [1.807, 2.05) is 0 Å². The fraction of sp³-hybridized carbons (Fsp3) is 0.375. The van der Waals surface area contributed by atoms with Crippen LogP contribution in [-0.2, 0) is 0 Å². The topological polar surface area (TPSA) is 12.9 Å². The van der Waals surface area contributed by atoms with Gasteiger partial charge in [-0.3, -0.25) is 0 Å². The van der Waals surface area contributed by atoms with E-state index in [1.54, 1.807) is 6.07 Å². The molecule has 0 amide bonds. The van der Waals surface area contributed by atoms with Crippen molar-refractivity contribution in [2.45, 2.75) is 18.8 Å². The lowest BCUT2D eigenvalue weighted by Gasteiger charge is -1.98. The van der Waals surface area contributed by atoms with Crippen LogP contribution in [-0.4, -0.2) is 4.98 Å². The second kappa shape index (κ2) is 2.45. The molecular weight excluding hydrogens is 165 g/mol. The van der Waals surface area contributed by atoms with Crippen molar-refractivity contribution in [2.24, 2.45) is 0 Å². The number of halogens is 2. The zero-order valence-corrected chi connectivity index (χ0v) is 6.61. The first-order chi connectivity index (χ1) is 5.27. The van der Waals surface area contributed by atoms with Gasteiger partial charge in [0.2, 0.25) is 5.95 Å². The molecule has 3 heteroatoms. The summed E-state index contributed by atoms with van der Waals surface area (Å²) >= 11 is 5.66. The lowest BCUT2D eigenvalue weighted by Crippen LogP contribution is -1.90. The minimum atomic E-state index is -0.364. The Morgan fingerprint density at radius 1 is 1.55 bits per heavy atom. The number of pyridine rings is 1. The van der Waals surface area contributed by atoms with Gasteiger partial charge in [0, 0.05) is 11.8 Å². The molecule has 2 rings (SSSR count). The summed E-state index contributed by atoms with van der Waals surface area (Å²) in [5, 5.41) is 0.522. The Kier molecular flexibility index (Phi) is 1.57. The van der Waals surface area contributed by atoms with Gasteiger partial charge in [-0.2, -0.15) is 4.39 Å². The van der Waals surface area contributed by atoms with Gasteiger partial charge in [-0.1, -0.05) is 11.6 Å². The molecule has 1 heterocycles. The third-order valence-electron chi connectivity index (χ3n) is 1.85. The van der Waals surface area contributed by atoms with Crippen LogP contribution in [0.3, 0.4) is 0 Å². The van der Waals surface area contributed by atoms with Gasteiger partial charge in [-0.25, -0.2) is 4.98 Å². The van der Waals surface area contributed by atoms with E-state index in [-0.39, 0.29) is 5.95 Å². The Bertz CT molecular complexity index is 283. The molecule has 0 aliphatic heterocycles. The molecule has 1 nitrogen and oxygen atoms in total. The zero-order chi connectivity index (χ0) is 7.84. The molecule has 11 heavy (non-hydrogen) atoms. The molecule has 0 atom stereocenters. The van der Waals surface area contributed by atoms with Gasteiger partial charge in [-0.05, 0) is 24.8 Å². The van der Waals surface area contributed by atoms with Crippen LogP contribution >= 0.6 is 11.6 Å². The maximum absolute atomic E-state index is 12.9. The first kappa shape index (κ1) is 7.04. The summed E-state index contributed by atoms with van der Waals surface area (Å²) in [6, 6.07) is 1.67. The molecular formula is C8H7ClFN. The highest BCUT2D eigenvalue weighted by Crippen LogP contribution is 2.41. The average molecular weight is 172 g/mol. The van der Waals surface area contributed by atoms with Crippen molar-refractivity contribution in [2.75, 3.05) is 0 Å². The van der Waals surface area contributed by atoms with Crippen LogP contribution in [0, 0.1) is 5.95 Å². The molecule has 0 spiro atoms. The highest BCUT2D eigenvalue weighted by molar-refractivity contribution is 6.30. The molecule has 0 saturated heterocycles. The number of nitrogens with zero attached hydrogens (tertiary/aromatic N) is 1. The fourth-order valence-corrected chi connectivity index (χ4v) is 1.29. The van der Waals surface area contributed by atoms with E-state index in [1.165, 1.54) is 6.20 Å². The van der Waals surface area contributed by atoms with Crippen molar-refractivity contribution in [3.63, 3.8) is 0 Å². The Balaban J connectivity index is 2.42. The van der Waals surface area contributed by atoms with Crippen LogP contribution in [0.4, 0.5) is 4.39 Å². The molecule has 58 valence electrons. The Labute approximate surface area is 69.2 Å². The lowest BCUT2D eigenvalue weighted by atomic mass is 10.2. The molecule has 0 N–H and O–H groups in total. The van der Waals surface area contributed by atoms with E-state index in [0.29, 0.717) is 16.5 Å². The van der Waals surface area contributed by atoms with E-state index < -0.39 is 0 Å². The highest BCUT2D eigenvalue weighted by Gasteiger charge is 2.27. The number of rotatable bonds is 1.